The third kappa shape index (κ3) is 1.67. The van der Waals surface area contributed by atoms with Crippen molar-refractivity contribution < 1.29 is 0 Å². The fourth-order valence-corrected chi connectivity index (χ4v) is 3.18. The molecule has 0 amide bonds. The van der Waals surface area contributed by atoms with E-state index in [-0.39, 0.29) is 0 Å². The van der Waals surface area contributed by atoms with Crippen molar-refractivity contribution in [3.05, 3.63) is 34.8 Å². The highest BCUT2D eigenvalue weighted by Crippen LogP contribution is 2.33. The zero-order chi connectivity index (χ0) is 11.0. The standard InChI is InChI=1S/C13H15BrN2/c14-12-11-8-4-5-9-16(11)13(15-12)10-6-2-1-3-7-10/h4-5,8-10H,1-3,6-7H2. The fourth-order valence-electron chi connectivity index (χ4n) is 2.67. The minimum absolute atomic E-state index is 0.648. The molecule has 1 aliphatic rings. The summed E-state index contributed by atoms with van der Waals surface area (Å²) in [6.45, 7) is 0. The highest BCUT2D eigenvalue weighted by Gasteiger charge is 2.21. The molecule has 0 radical (unpaired) electrons. The summed E-state index contributed by atoms with van der Waals surface area (Å²) in [6, 6.07) is 6.25. The number of rotatable bonds is 1. The smallest absolute Gasteiger partial charge is 0.132 e. The molecule has 0 atom stereocenters. The SMILES string of the molecule is Brc1nc(C2CCCCC2)n2ccccc12. The first-order valence-electron chi connectivity index (χ1n) is 5.99. The number of pyridine rings is 1. The van der Waals surface area contributed by atoms with Gasteiger partial charge < -0.3 is 4.40 Å². The van der Waals surface area contributed by atoms with Crippen LogP contribution in [-0.2, 0) is 0 Å². The first-order valence-corrected chi connectivity index (χ1v) is 6.78. The van der Waals surface area contributed by atoms with Gasteiger partial charge in [-0.15, -0.1) is 0 Å². The Kier molecular flexibility index (Phi) is 2.72. The molecule has 0 bridgehead atoms. The third-order valence-electron chi connectivity index (χ3n) is 3.50. The summed E-state index contributed by atoms with van der Waals surface area (Å²) in [5, 5.41) is 0. The first-order chi connectivity index (χ1) is 7.86. The summed E-state index contributed by atoms with van der Waals surface area (Å²) in [4.78, 5) is 4.69. The predicted molar refractivity (Wildman–Crippen MR) is 68.7 cm³/mol. The molecular formula is C13H15BrN2. The Morgan fingerprint density at radius 1 is 1.19 bits per heavy atom. The van der Waals surface area contributed by atoms with Crippen LogP contribution in [0.5, 0.6) is 0 Å². The van der Waals surface area contributed by atoms with Gasteiger partial charge in [0.1, 0.15) is 10.4 Å². The zero-order valence-corrected chi connectivity index (χ0v) is 10.8. The van der Waals surface area contributed by atoms with Crippen molar-refractivity contribution in [3.8, 4) is 0 Å². The lowest BCUT2D eigenvalue weighted by molar-refractivity contribution is 0.427. The van der Waals surface area contributed by atoms with Crippen LogP contribution in [0.25, 0.3) is 5.52 Å². The van der Waals surface area contributed by atoms with Crippen molar-refractivity contribution in [2.24, 2.45) is 0 Å². The molecule has 84 valence electrons. The topological polar surface area (TPSA) is 17.3 Å². The van der Waals surface area contributed by atoms with E-state index in [1.165, 1.54) is 43.4 Å². The maximum atomic E-state index is 4.69. The van der Waals surface area contributed by atoms with E-state index < -0.39 is 0 Å². The molecule has 2 nitrogen and oxygen atoms in total. The van der Waals surface area contributed by atoms with E-state index in [0.29, 0.717) is 5.92 Å². The molecule has 0 aliphatic heterocycles. The van der Waals surface area contributed by atoms with Gasteiger partial charge in [0, 0.05) is 12.1 Å². The van der Waals surface area contributed by atoms with Crippen LogP contribution in [0.4, 0.5) is 0 Å². The second-order valence-electron chi connectivity index (χ2n) is 4.55. The number of fused-ring (bicyclic) bond motifs is 1. The number of hydrogen-bond acceptors (Lipinski definition) is 1. The molecule has 1 aliphatic carbocycles. The number of imidazole rings is 1. The van der Waals surface area contributed by atoms with Crippen molar-refractivity contribution in [3.63, 3.8) is 0 Å². The minimum atomic E-state index is 0.648. The van der Waals surface area contributed by atoms with Gasteiger partial charge in [-0.1, -0.05) is 25.3 Å². The third-order valence-corrected chi connectivity index (χ3v) is 4.08. The van der Waals surface area contributed by atoms with Crippen LogP contribution in [0.1, 0.15) is 43.8 Å². The molecule has 1 fully saturated rings. The molecule has 2 heterocycles. The lowest BCUT2D eigenvalue weighted by Crippen LogP contribution is -2.08. The van der Waals surface area contributed by atoms with E-state index in [1.807, 2.05) is 0 Å². The van der Waals surface area contributed by atoms with Gasteiger partial charge in [-0.2, -0.15) is 0 Å². The highest BCUT2D eigenvalue weighted by atomic mass is 79.9. The molecular weight excluding hydrogens is 264 g/mol. The van der Waals surface area contributed by atoms with Gasteiger partial charge in [0.15, 0.2) is 0 Å². The predicted octanol–water partition coefficient (Wildman–Crippen LogP) is 4.14. The summed E-state index contributed by atoms with van der Waals surface area (Å²) >= 11 is 3.55. The van der Waals surface area contributed by atoms with E-state index >= 15 is 0 Å². The fraction of sp³-hybridized carbons (Fsp3) is 0.462. The second kappa shape index (κ2) is 4.21. The van der Waals surface area contributed by atoms with Gasteiger partial charge >= 0.3 is 0 Å². The summed E-state index contributed by atoms with van der Waals surface area (Å²) in [5.74, 6) is 1.89. The molecule has 0 spiro atoms. The molecule has 0 N–H and O–H groups in total. The van der Waals surface area contributed by atoms with E-state index in [9.17, 15) is 0 Å². The van der Waals surface area contributed by atoms with E-state index in [1.54, 1.807) is 0 Å². The number of hydrogen-bond donors (Lipinski definition) is 0. The molecule has 1 saturated carbocycles. The summed E-state index contributed by atoms with van der Waals surface area (Å²) in [6.07, 6.45) is 8.80. The monoisotopic (exact) mass is 278 g/mol. The normalized spacial score (nSPS) is 18.1. The maximum absolute atomic E-state index is 4.69. The minimum Gasteiger partial charge on any atom is -0.302 e. The van der Waals surface area contributed by atoms with Crippen LogP contribution in [0, 0.1) is 0 Å². The van der Waals surface area contributed by atoms with Gasteiger partial charge in [0.2, 0.25) is 0 Å². The lowest BCUT2D eigenvalue weighted by atomic mass is 9.89. The average Bonchev–Trinajstić information content (AvgIpc) is 2.69. The Bertz CT molecular complexity index is 498. The van der Waals surface area contributed by atoms with Crippen LogP contribution in [0.2, 0.25) is 0 Å². The molecule has 16 heavy (non-hydrogen) atoms. The molecule has 2 aromatic rings. The molecule has 3 heteroatoms. The van der Waals surface area contributed by atoms with Crippen LogP contribution < -0.4 is 0 Å². The van der Waals surface area contributed by atoms with Gasteiger partial charge in [-0.3, -0.25) is 0 Å². The number of aromatic nitrogens is 2. The van der Waals surface area contributed by atoms with Crippen molar-refractivity contribution in [1.82, 2.24) is 9.38 Å². The van der Waals surface area contributed by atoms with Crippen molar-refractivity contribution in [2.75, 3.05) is 0 Å². The van der Waals surface area contributed by atoms with Crippen molar-refractivity contribution in [2.45, 2.75) is 38.0 Å². The maximum Gasteiger partial charge on any atom is 0.132 e. The Morgan fingerprint density at radius 2 is 2.00 bits per heavy atom. The van der Waals surface area contributed by atoms with E-state index in [0.717, 1.165) is 4.60 Å². The largest absolute Gasteiger partial charge is 0.302 e. The van der Waals surface area contributed by atoms with Crippen molar-refractivity contribution in [1.29, 1.82) is 0 Å². The Hall–Kier alpha value is -0.830. The molecule has 2 aromatic heterocycles. The Morgan fingerprint density at radius 3 is 2.81 bits per heavy atom. The molecule has 0 unspecified atom stereocenters. The van der Waals surface area contributed by atoms with Gasteiger partial charge in [0.25, 0.3) is 0 Å². The van der Waals surface area contributed by atoms with E-state index in [2.05, 4.69) is 44.7 Å². The van der Waals surface area contributed by atoms with Crippen LogP contribution in [0.3, 0.4) is 0 Å². The summed E-state index contributed by atoms with van der Waals surface area (Å²) < 4.78 is 3.22. The molecule has 0 saturated heterocycles. The molecule has 3 rings (SSSR count). The average molecular weight is 279 g/mol. The van der Waals surface area contributed by atoms with Crippen LogP contribution >= 0.6 is 15.9 Å². The quantitative estimate of drug-likeness (QED) is 0.766. The number of nitrogens with zero attached hydrogens (tertiary/aromatic N) is 2. The van der Waals surface area contributed by atoms with Crippen LogP contribution in [0.15, 0.2) is 29.0 Å². The first kappa shape index (κ1) is 10.3. The zero-order valence-electron chi connectivity index (χ0n) is 9.19. The van der Waals surface area contributed by atoms with Gasteiger partial charge in [-0.25, -0.2) is 4.98 Å². The summed E-state index contributed by atoms with van der Waals surface area (Å²) in [5.41, 5.74) is 1.18. The second-order valence-corrected chi connectivity index (χ2v) is 5.30. The number of halogens is 1. The Balaban J connectivity index is 2.08. The van der Waals surface area contributed by atoms with Crippen LogP contribution in [-0.4, -0.2) is 9.38 Å². The lowest BCUT2D eigenvalue weighted by Gasteiger charge is -2.20. The van der Waals surface area contributed by atoms with Gasteiger partial charge in [0.05, 0.1) is 5.52 Å². The van der Waals surface area contributed by atoms with E-state index in [4.69, 9.17) is 4.98 Å². The summed E-state index contributed by atoms with van der Waals surface area (Å²) in [7, 11) is 0. The molecule has 0 aromatic carbocycles. The Labute approximate surface area is 104 Å². The van der Waals surface area contributed by atoms with Gasteiger partial charge in [-0.05, 0) is 40.9 Å². The highest BCUT2D eigenvalue weighted by molar-refractivity contribution is 9.10. The van der Waals surface area contributed by atoms with Crippen molar-refractivity contribution >= 4 is 21.4 Å².